The van der Waals surface area contributed by atoms with Crippen molar-refractivity contribution in [2.24, 2.45) is 4.99 Å². The molecule has 20 heavy (non-hydrogen) atoms. The molecule has 1 unspecified atom stereocenters. The Bertz CT molecular complexity index is 282. The van der Waals surface area contributed by atoms with E-state index in [-0.39, 0.29) is 29.6 Å². The summed E-state index contributed by atoms with van der Waals surface area (Å²) in [5.41, 5.74) is -0.157. The zero-order valence-electron chi connectivity index (χ0n) is 13.2. The van der Waals surface area contributed by atoms with Gasteiger partial charge >= 0.3 is 0 Å². The van der Waals surface area contributed by atoms with Crippen LogP contribution < -0.4 is 10.6 Å². The molecule has 0 aliphatic carbocycles. The van der Waals surface area contributed by atoms with Gasteiger partial charge in [-0.1, -0.05) is 6.92 Å². The van der Waals surface area contributed by atoms with Gasteiger partial charge in [0.1, 0.15) is 0 Å². The summed E-state index contributed by atoms with van der Waals surface area (Å²) in [6, 6.07) is 0.422. The van der Waals surface area contributed by atoms with Crippen LogP contribution in [-0.2, 0) is 9.47 Å². The summed E-state index contributed by atoms with van der Waals surface area (Å²) < 4.78 is 11.1. The van der Waals surface area contributed by atoms with E-state index in [1.54, 1.807) is 7.11 Å². The zero-order valence-corrected chi connectivity index (χ0v) is 15.5. The van der Waals surface area contributed by atoms with Crippen LogP contribution in [0.15, 0.2) is 4.99 Å². The van der Waals surface area contributed by atoms with E-state index in [4.69, 9.17) is 9.47 Å². The average Bonchev–Trinajstić information content (AvgIpc) is 2.46. The van der Waals surface area contributed by atoms with Crippen molar-refractivity contribution in [3.63, 3.8) is 0 Å². The summed E-state index contributed by atoms with van der Waals surface area (Å²) in [5, 5.41) is 6.68. The maximum absolute atomic E-state index is 5.70. The fraction of sp³-hybridized carbons (Fsp3) is 0.929. The lowest BCUT2D eigenvalue weighted by molar-refractivity contribution is -0.0828. The molecule has 0 amide bonds. The van der Waals surface area contributed by atoms with Gasteiger partial charge in [0.05, 0.1) is 12.1 Å². The van der Waals surface area contributed by atoms with Gasteiger partial charge in [0.2, 0.25) is 0 Å². The van der Waals surface area contributed by atoms with E-state index in [9.17, 15) is 0 Å². The number of aliphatic imine (C=N–C) groups is 1. The first-order valence-corrected chi connectivity index (χ1v) is 7.33. The van der Waals surface area contributed by atoms with Crippen LogP contribution in [0.3, 0.4) is 0 Å². The van der Waals surface area contributed by atoms with E-state index >= 15 is 0 Å². The molecule has 0 aromatic rings. The molecule has 0 bridgehead atoms. The molecular formula is C14H30IN3O2. The van der Waals surface area contributed by atoms with Crippen molar-refractivity contribution in [1.29, 1.82) is 0 Å². The van der Waals surface area contributed by atoms with E-state index in [0.29, 0.717) is 12.6 Å². The lowest BCUT2D eigenvalue weighted by Crippen LogP contribution is -2.45. The molecule has 0 aromatic heterocycles. The van der Waals surface area contributed by atoms with Crippen LogP contribution >= 0.6 is 24.0 Å². The van der Waals surface area contributed by atoms with Crippen LogP contribution in [0, 0.1) is 0 Å². The summed E-state index contributed by atoms with van der Waals surface area (Å²) in [4.78, 5) is 4.68. The normalized spacial score (nSPS) is 19.9. The zero-order chi connectivity index (χ0) is 14.1. The summed E-state index contributed by atoms with van der Waals surface area (Å²) in [5.74, 6) is 0.875. The number of ether oxygens (including phenoxy) is 2. The Morgan fingerprint density at radius 3 is 2.50 bits per heavy atom. The molecule has 1 fully saturated rings. The Kier molecular flexibility index (Phi) is 10.6. The van der Waals surface area contributed by atoms with Crippen LogP contribution in [0.1, 0.15) is 40.0 Å². The smallest absolute Gasteiger partial charge is 0.191 e. The average molecular weight is 399 g/mol. The van der Waals surface area contributed by atoms with Gasteiger partial charge in [-0.25, -0.2) is 0 Å². The van der Waals surface area contributed by atoms with Gasteiger partial charge in [0, 0.05) is 45.8 Å². The highest BCUT2D eigenvalue weighted by molar-refractivity contribution is 14.0. The third-order valence-corrected chi connectivity index (χ3v) is 3.70. The number of halogens is 1. The number of hydrogen-bond donors (Lipinski definition) is 2. The molecule has 2 N–H and O–H groups in total. The molecule has 1 atom stereocenters. The number of nitrogens with one attached hydrogen (secondary N) is 2. The SMILES string of the molecule is CCNC(=NCC1(OC)CCOCC1)NC(C)CC.I. The van der Waals surface area contributed by atoms with E-state index in [1.807, 2.05) is 0 Å². The van der Waals surface area contributed by atoms with Gasteiger partial charge in [-0.3, -0.25) is 4.99 Å². The van der Waals surface area contributed by atoms with Crippen LogP contribution in [0.5, 0.6) is 0 Å². The Morgan fingerprint density at radius 1 is 1.35 bits per heavy atom. The van der Waals surface area contributed by atoms with Crippen molar-refractivity contribution >= 4 is 29.9 Å². The fourth-order valence-electron chi connectivity index (χ4n) is 2.05. The van der Waals surface area contributed by atoms with Crippen LogP contribution in [0.25, 0.3) is 0 Å². The predicted molar refractivity (Wildman–Crippen MR) is 94.1 cm³/mol. The van der Waals surface area contributed by atoms with Crippen LogP contribution in [0.4, 0.5) is 0 Å². The summed E-state index contributed by atoms with van der Waals surface area (Å²) in [6.45, 7) is 9.47. The van der Waals surface area contributed by atoms with Gasteiger partial charge in [0.25, 0.3) is 0 Å². The van der Waals surface area contributed by atoms with Crippen molar-refractivity contribution in [2.45, 2.75) is 51.7 Å². The standard InChI is InChI=1S/C14H29N3O2.HI/c1-5-12(3)17-13(15-6-2)16-11-14(18-4)7-9-19-10-8-14;/h12H,5-11H2,1-4H3,(H2,15,16,17);1H. The van der Waals surface area contributed by atoms with Gasteiger partial charge < -0.3 is 20.1 Å². The van der Waals surface area contributed by atoms with Crippen LogP contribution in [0.2, 0.25) is 0 Å². The minimum atomic E-state index is -0.157. The number of methoxy groups -OCH3 is 1. The number of nitrogens with zero attached hydrogens (tertiary/aromatic N) is 1. The molecule has 1 heterocycles. The maximum atomic E-state index is 5.70. The summed E-state index contributed by atoms with van der Waals surface area (Å²) >= 11 is 0. The monoisotopic (exact) mass is 399 g/mol. The molecule has 1 aliphatic heterocycles. The minimum Gasteiger partial charge on any atom is -0.381 e. The van der Waals surface area contributed by atoms with Gasteiger partial charge in [-0.15, -0.1) is 24.0 Å². The first kappa shape index (κ1) is 19.9. The predicted octanol–water partition coefficient (Wildman–Crippen LogP) is 2.15. The van der Waals surface area contributed by atoms with Crippen molar-refractivity contribution < 1.29 is 9.47 Å². The highest BCUT2D eigenvalue weighted by Gasteiger charge is 2.32. The minimum absolute atomic E-state index is 0. The molecule has 0 aromatic carbocycles. The topological polar surface area (TPSA) is 54.9 Å². The second kappa shape index (κ2) is 10.6. The third kappa shape index (κ3) is 6.58. The highest BCUT2D eigenvalue weighted by Crippen LogP contribution is 2.24. The summed E-state index contributed by atoms with van der Waals surface area (Å²) in [7, 11) is 1.77. The fourth-order valence-corrected chi connectivity index (χ4v) is 2.05. The molecule has 120 valence electrons. The van der Waals surface area contributed by atoms with E-state index in [2.05, 4.69) is 36.4 Å². The number of rotatable bonds is 6. The first-order valence-electron chi connectivity index (χ1n) is 7.33. The molecule has 0 radical (unpaired) electrons. The Morgan fingerprint density at radius 2 is 2.00 bits per heavy atom. The largest absolute Gasteiger partial charge is 0.381 e. The number of hydrogen-bond acceptors (Lipinski definition) is 3. The second-order valence-corrected chi connectivity index (χ2v) is 5.15. The molecule has 5 nitrogen and oxygen atoms in total. The van der Waals surface area contributed by atoms with Gasteiger partial charge in [-0.2, -0.15) is 0 Å². The Hall–Kier alpha value is -0.0800. The second-order valence-electron chi connectivity index (χ2n) is 5.15. The van der Waals surface area contributed by atoms with Crippen molar-refractivity contribution in [2.75, 3.05) is 33.4 Å². The molecule has 6 heteroatoms. The van der Waals surface area contributed by atoms with E-state index in [1.165, 1.54) is 0 Å². The van der Waals surface area contributed by atoms with Gasteiger partial charge in [-0.05, 0) is 20.3 Å². The molecule has 0 saturated carbocycles. The van der Waals surface area contributed by atoms with Crippen molar-refractivity contribution in [3.05, 3.63) is 0 Å². The molecule has 1 aliphatic rings. The number of guanidine groups is 1. The maximum Gasteiger partial charge on any atom is 0.191 e. The van der Waals surface area contributed by atoms with Gasteiger partial charge in [0.15, 0.2) is 5.96 Å². The van der Waals surface area contributed by atoms with Crippen molar-refractivity contribution in [3.8, 4) is 0 Å². The third-order valence-electron chi connectivity index (χ3n) is 3.70. The summed E-state index contributed by atoms with van der Waals surface area (Å²) in [6.07, 6.45) is 2.90. The lowest BCUT2D eigenvalue weighted by Gasteiger charge is -2.34. The highest BCUT2D eigenvalue weighted by atomic mass is 127. The molecule has 0 spiro atoms. The van der Waals surface area contributed by atoms with E-state index in [0.717, 1.165) is 45.0 Å². The molecule has 1 rings (SSSR count). The quantitative estimate of drug-likeness (QED) is 0.408. The first-order chi connectivity index (χ1) is 9.15. The Labute approximate surface area is 140 Å². The molecule has 1 saturated heterocycles. The lowest BCUT2D eigenvalue weighted by atomic mass is 9.94. The van der Waals surface area contributed by atoms with Crippen molar-refractivity contribution in [1.82, 2.24) is 10.6 Å². The van der Waals surface area contributed by atoms with Crippen LogP contribution in [-0.4, -0.2) is 51.0 Å². The Balaban J connectivity index is 0.00000361. The molecular weight excluding hydrogens is 369 g/mol. The van der Waals surface area contributed by atoms with E-state index < -0.39 is 0 Å².